The van der Waals surface area contributed by atoms with E-state index in [1.807, 2.05) is 39.7 Å². The Hall–Kier alpha value is -2.10. The molecule has 0 heterocycles. The molecule has 0 aliphatic heterocycles. The number of rotatable bonds is 5. The van der Waals surface area contributed by atoms with Gasteiger partial charge in [-0.2, -0.15) is 0 Å². The molecule has 1 amide bonds. The molecule has 0 saturated carbocycles. The zero-order valence-corrected chi connectivity index (χ0v) is 14.4. The molecule has 0 saturated heterocycles. The fourth-order valence-corrected chi connectivity index (χ4v) is 1.99. The summed E-state index contributed by atoms with van der Waals surface area (Å²) in [6, 6.07) is 5.41. The van der Waals surface area contributed by atoms with Crippen molar-refractivity contribution < 1.29 is 14.7 Å². The maximum atomic E-state index is 11.3. The number of amides is 1. The molecular formula is C18H29NO3. The van der Waals surface area contributed by atoms with Crippen LogP contribution in [0.25, 0.3) is 5.57 Å². The molecule has 0 atom stereocenters. The van der Waals surface area contributed by atoms with Gasteiger partial charge in [-0.05, 0) is 48.6 Å². The third-order valence-electron chi connectivity index (χ3n) is 3.06. The van der Waals surface area contributed by atoms with Crippen LogP contribution in [0.2, 0.25) is 0 Å². The second-order valence-electron chi connectivity index (χ2n) is 4.18. The zero-order chi connectivity index (χ0) is 17.5. The lowest BCUT2D eigenvalue weighted by molar-refractivity contribution is -0.120. The summed E-state index contributed by atoms with van der Waals surface area (Å²) >= 11 is 0. The molecule has 1 aromatic rings. The molecule has 0 radical (unpaired) electrons. The molecule has 1 aromatic carbocycles. The van der Waals surface area contributed by atoms with E-state index in [1.165, 1.54) is 0 Å². The number of hydrogen-bond donors (Lipinski definition) is 2. The minimum absolute atomic E-state index is 0.0474. The van der Waals surface area contributed by atoms with Crippen molar-refractivity contribution >= 4 is 18.3 Å². The number of carbonyl (C=O) groups excluding carboxylic acids is 2. The van der Waals surface area contributed by atoms with Gasteiger partial charge in [-0.15, -0.1) is 0 Å². The second kappa shape index (κ2) is 13.9. The smallest absolute Gasteiger partial charge is 0.220 e. The van der Waals surface area contributed by atoms with Gasteiger partial charge in [0.25, 0.3) is 0 Å². The van der Waals surface area contributed by atoms with Crippen LogP contribution >= 0.6 is 0 Å². The molecule has 4 nitrogen and oxygen atoms in total. The second-order valence-corrected chi connectivity index (χ2v) is 4.18. The number of nitrogens with one attached hydrogen (secondary N) is 1. The molecule has 1 rings (SSSR count). The summed E-state index contributed by atoms with van der Waals surface area (Å²) in [5.74, 6) is 0.337. The molecule has 0 unspecified atom stereocenters. The number of phenols is 1. The number of aromatic hydroxyl groups is 1. The maximum absolute atomic E-state index is 11.3. The summed E-state index contributed by atoms with van der Waals surface area (Å²) in [6.07, 6.45) is 4.10. The van der Waals surface area contributed by atoms with Crippen LogP contribution in [0.3, 0.4) is 0 Å². The summed E-state index contributed by atoms with van der Waals surface area (Å²) in [4.78, 5) is 19.3. The van der Waals surface area contributed by atoms with Crippen molar-refractivity contribution in [3.63, 3.8) is 0 Å². The summed E-state index contributed by atoms with van der Waals surface area (Å²) in [7, 11) is 1.65. The quantitative estimate of drug-likeness (QED) is 0.871. The molecule has 0 aliphatic rings. The lowest BCUT2D eigenvalue weighted by atomic mass is 9.94. The first-order valence-corrected chi connectivity index (χ1v) is 7.59. The van der Waals surface area contributed by atoms with E-state index in [0.29, 0.717) is 12.8 Å². The number of phenolic OH excluding ortho intramolecular Hbond substituents is 1. The van der Waals surface area contributed by atoms with Gasteiger partial charge in [0, 0.05) is 13.5 Å². The van der Waals surface area contributed by atoms with E-state index in [4.69, 9.17) is 4.79 Å². The Kier molecular flexibility index (Phi) is 14.0. The average Bonchev–Trinajstić information content (AvgIpc) is 2.59. The van der Waals surface area contributed by atoms with Crippen molar-refractivity contribution in [3.05, 3.63) is 35.4 Å². The van der Waals surface area contributed by atoms with Crippen LogP contribution in [0.1, 0.15) is 51.7 Å². The third-order valence-corrected chi connectivity index (χ3v) is 3.06. The molecule has 2 N–H and O–H groups in total. The van der Waals surface area contributed by atoms with E-state index < -0.39 is 0 Å². The van der Waals surface area contributed by atoms with Gasteiger partial charge in [0.05, 0.1) is 0 Å². The van der Waals surface area contributed by atoms with Gasteiger partial charge >= 0.3 is 0 Å². The minimum Gasteiger partial charge on any atom is -0.508 e. The Morgan fingerprint density at radius 3 is 2.32 bits per heavy atom. The number of hydrogen-bond acceptors (Lipinski definition) is 3. The van der Waals surface area contributed by atoms with E-state index in [2.05, 4.69) is 12.2 Å². The van der Waals surface area contributed by atoms with Crippen LogP contribution in [0.4, 0.5) is 0 Å². The summed E-state index contributed by atoms with van der Waals surface area (Å²) in [5, 5.41) is 12.1. The predicted molar refractivity (Wildman–Crippen MR) is 92.9 cm³/mol. The Morgan fingerprint density at radius 2 is 1.86 bits per heavy atom. The largest absolute Gasteiger partial charge is 0.508 e. The number of aryl methyl sites for hydroxylation is 1. The third kappa shape index (κ3) is 7.62. The van der Waals surface area contributed by atoms with E-state index in [-0.39, 0.29) is 11.7 Å². The minimum atomic E-state index is 0.0474. The Labute approximate surface area is 134 Å². The van der Waals surface area contributed by atoms with Crippen LogP contribution in [-0.2, 0) is 16.0 Å². The highest BCUT2D eigenvalue weighted by Gasteiger charge is 2.08. The highest BCUT2D eigenvalue weighted by Crippen LogP contribution is 2.27. The topological polar surface area (TPSA) is 66.4 Å². The average molecular weight is 307 g/mol. The molecule has 0 spiro atoms. The summed E-state index contributed by atoms with van der Waals surface area (Å²) in [6.45, 7) is 10.0. The maximum Gasteiger partial charge on any atom is 0.220 e. The molecular weight excluding hydrogens is 278 g/mol. The van der Waals surface area contributed by atoms with Crippen LogP contribution in [0.5, 0.6) is 5.75 Å². The molecule has 22 heavy (non-hydrogen) atoms. The van der Waals surface area contributed by atoms with Crippen molar-refractivity contribution in [2.75, 3.05) is 7.05 Å². The lowest BCUT2D eigenvalue weighted by Crippen LogP contribution is -2.17. The summed E-state index contributed by atoms with van der Waals surface area (Å²) in [5.41, 5.74) is 3.39. The van der Waals surface area contributed by atoms with Crippen molar-refractivity contribution in [2.45, 2.75) is 47.0 Å². The fourth-order valence-electron chi connectivity index (χ4n) is 1.99. The first-order chi connectivity index (χ1) is 10.6. The van der Waals surface area contributed by atoms with Gasteiger partial charge in [0.15, 0.2) is 0 Å². The number of allylic oxidation sites excluding steroid dienone is 2. The Balaban J connectivity index is 0. The van der Waals surface area contributed by atoms with Gasteiger partial charge < -0.3 is 15.2 Å². The van der Waals surface area contributed by atoms with Crippen LogP contribution in [0, 0.1) is 0 Å². The standard InChI is InChI=1S/C15H21NO2.C2H6.CH2O/c1-4-11(6-9-15(18)16-3)14-8-7-13(17)10-12(14)5-2;2*1-2/h4,7-8,10,17H,5-6,9H2,1-3H3,(H,16,18);1-2H3;1H2/b11-4-;;. The van der Waals surface area contributed by atoms with Crippen molar-refractivity contribution in [1.29, 1.82) is 0 Å². The van der Waals surface area contributed by atoms with Crippen molar-refractivity contribution in [3.8, 4) is 5.75 Å². The van der Waals surface area contributed by atoms with Gasteiger partial charge in [0.1, 0.15) is 12.5 Å². The number of benzene rings is 1. The molecule has 0 aliphatic carbocycles. The molecule has 0 aromatic heterocycles. The molecule has 4 heteroatoms. The Bertz CT molecular complexity index is 467. The van der Waals surface area contributed by atoms with E-state index in [1.54, 1.807) is 19.2 Å². The molecule has 124 valence electrons. The first-order valence-electron chi connectivity index (χ1n) is 7.59. The zero-order valence-electron chi connectivity index (χ0n) is 14.4. The van der Waals surface area contributed by atoms with Gasteiger partial charge in [-0.25, -0.2) is 0 Å². The van der Waals surface area contributed by atoms with Crippen LogP contribution in [0.15, 0.2) is 24.3 Å². The monoisotopic (exact) mass is 307 g/mol. The van der Waals surface area contributed by atoms with E-state index >= 15 is 0 Å². The predicted octanol–water partition coefficient (Wildman–Crippen LogP) is 3.73. The lowest BCUT2D eigenvalue weighted by Gasteiger charge is -2.12. The van der Waals surface area contributed by atoms with Gasteiger partial charge in [-0.1, -0.05) is 32.9 Å². The highest BCUT2D eigenvalue weighted by molar-refractivity contribution is 5.79. The molecule has 0 bridgehead atoms. The van der Waals surface area contributed by atoms with Gasteiger partial charge in [0.2, 0.25) is 5.91 Å². The van der Waals surface area contributed by atoms with E-state index in [9.17, 15) is 9.90 Å². The summed E-state index contributed by atoms with van der Waals surface area (Å²) < 4.78 is 0. The molecule has 0 fully saturated rings. The SMILES string of the molecule is C/C=C(/CCC(=O)NC)c1ccc(O)cc1CC.C=O.CC. The fraction of sp³-hybridized carbons (Fsp3) is 0.444. The first kappa shape index (κ1) is 22.2. The highest BCUT2D eigenvalue weighted by atomic mass is 16.3. The Morgan fingerprint density at radius 1 is 1.27 bits per heavy atom. The van der Waals surface area contributed by atoms with Crippen LogP contribution < -0.4 is 5.32 Å². The van der Waals surface area contributed by atoms with Crippen molar-refractivity contribution in [1.82, 2.24) is 5.32 Å². The van der Waals surface area contributed by atoms with Crippen molar-refractivity contribution in [2.24, 2.45) is 0 Å². The van der Waals surface area contributed by atoms with E-state index in [0.717, 1.165) is 23.1 Å². The van der Waals surface area contributed by atoms with Crippen LogP contribution in [-0.4, -0.2) is 24.9 Å². The van der Waals surface area contributed by atoms with Gasteiger partial charge in [-0.3, -0.25) is 4.79 Å². The normalized spacial score (nSPS) is 9.77. The number of carbonyl (C=O) groups is 2.